The Labute approximate surface area is 123 Å². The number of ether oxygens (including phenoxy) is 1. The molecule has 0 radical (unpaired) electrons. The molecule has 2 N–H and O–H groups in total. The van der Waals surface area contributed by atoms with Gasteiger partial charge in [-0.05, 0) is 36.4 Å². The standard InChI is InChI=1S/C14H10ClF2NO3/c15-11-7-9(4-5-12(11)19)18-13(20)8-2-1-3-10(6-8)21-14(16)17/h1-7,14,19H,(H,18,20). The monoisotopic (exact) mass is 313 g/mol. The van der Waals surface area contributed by atoms with E-state index in [0.717, 1.165) is 0 Å². The normalized spacial score (nSPS) is 10.5. The van der Waals surface area contributed by atoms with Gasteiger partial charge in [0.1, 0.15) is 11.5 Å². The van der Waals surface area contributed by atoms with Gasteiger partial charge in [0.05, 0.1) is 5.02 Å². The Balaban J connectivity index is 2.14. The average Bonchev–Trinajstić information content (AvgIpc) is 2.42. The fraction of sp³-hybridized carbons (Fsp3) is 0.0714. The molecular formula is C14H10ClF2NO3. The lowest BCUT2D eigenvalue weighted by Gasteiger charge is -2.08. The highest BCUT2D eigenvalue weighted by Crippen LogP contribution is 2.26. The summed E-state index contributed by atoms with van der Waals surface area (Å²) >= 11 is 5.72. The van der Waals surface area contributed by atoms with Crippen molar-refractivity contribution in [2.45, 2.75) is 6.61 Å². The molecule has 0 atom stereocenters. The highest BCUT2D eigenvalue weighted by atomic mass is 35.5. The number of rotatable bonds is 4. The summed E-state index contributed by atoms with van der Waals surface area (Å²) in [4.78, 5) is 12.0. The first-order chi connectivity index (χ1) is 9.95. The molecule has 0 bridgehead atoms. The highest BCUT2D eigenvalue weighted by molar-refractivity contribution is 6.32. The van der Waals surface area contributed by atoms with E-state index in [0.29, 0.717) is 5.69 Å². The molecule has 0 heterocycles. The molecule has 2 aromatic carbocycles. The van der Waals surface area contributed by atoms with Crippen molar-refractivity contribution in [3.63, 3.8) is 0 Å². The van der Waals surface area contributed by atoms with Crippen LogP contribution < -0.4 is 10.1 Å². The van der Waals surface area contributed by atoms with Crippen molar-refractivity contribution >= 4 is 23.2 Å². The summed E-state index contributed by atoms with van der Waals surface area (Å²) in [6, 6.07) is 9.55. The van der Waals surface area contributed by atoms with Gasteiger partial charge >= 0.3 is 6.61 Å². The van der Waals surface area contributed by atoms with Crippen LogP contribution in [-0.2, 0) is 0 Å². The van der Waals surface area contributed by atoms with Gasteiger partial charge in [-0.3, -0.25) is 4.79 Å². The van der Waals surface area contributed by atoms with E-state index in [1.54, 1.807) is 0 Å². The summed E-state index contributed by atoms with van der Waals surface area (Å²) in [6.07, 6.45) is 0. The SMILES string of the molecule is O=C(Nc1ccc(O)c(Cl)c1)c1cccc(OC(F)F)c1. The average molecular weight is 314 g/mol. The Bertz CT molecular complexity index is 664. The van der Waals surface area contributed by atoms with Crippen LogP contribution >= 0.6 is 11.6 Å². The van der Waals surface area contributed by atoms with E-state index in [2.05, 4.69) is 10.1 Å². The molecule has 0 saturated heterocycles. The zero-order valence-corrected chi connectivity index (χ0v) is 11.3. The molecule has 0 spiro atoms. The second-order valence-corrected chi connectivity index (χ2v) is 4.43. The smallest absolute Gasteiger partial charge is 0.387 e. The molecule has 110 valence electrons. The fourth-order valence-corrected chi connectivity index (χ4v) is 1.78. The number of phenols is 1. The molecule has 1 amide bonds. The van der Waals surface area contributed by atoms with Crippen molar-refractivity contribution < 1.29 is 23.4 Å². The van der Waals surface area contributed by atoms with E-state index in [-0.39, 0.29) is 22.1 Å². The Kier molecular flexibility index (Phi) is 4.59. The molecule has 2 aromatic rings. The maximum Gasteiger partial charge on any atom is 0.387 e. The predicted molar refractivity (Wildman–Crippen MR) is 74.1 cm³/mol. The van der Waals surface area contributed by atoms with Crippen LogP contribution in [0.1, 0.15) is 10.4 Å². The van der Waals surface area contributed by atoms with Crippen molar-refractivity contribution in [3.05, 3.63) is 53.1 Å². The summed E-state index contributed by atoms with van der Waals surface area (Å²) in [7, 11) is 0. The number of nitrogens with one attached hydrogen (secondary N) is 1. The van der Waals surface area contributed by atoms with Crippen LogP contribution in [0.15, 0.2) is 42.5 Å². The first kappa shape index (κ1) is 15.1. The topological polar surface area (TPSA) is 58.6 Å². The third-order valence-electron chi connectivity index (χ3n) is 2.53. The number of hydrogen-bond acceptors (Lipinski definition) is 3. The van der Waals surface area contributed by atoms with Crippen molar-refractivity contribution in [1.29, 1.82) is 0 Å². The molecular weight excluding hydrogens is 304 g/mol. The Hall–Kier alpha value is -2.34. The number of amides is 1. The van der Waals surface area contributed by atoms with Gasteiger partial charge in [-0.25, -0.2) is 0 Å². The Morgan fingerprint density at radius 1 is 1.24 bits per heavy atom. The summed E-state index contributed by atoms with van der Waals surface area (Å²) in [5, 5.41) is 11.9. The molecule has 21 heavy (non-hydrogen) atoms. The van der Waals surface area contributed by atoms with Gasteiger partial charge < -0.3 is 15.2 Å². The number of anilines is 1. The lowest BCUT2D eigenvalue weighted by Crippen LogP contribution is -2.12. The minimum Gasteiger partial charge on any atom is -0.506 e. The van der Waals surface area contributed by atoms with Crippen LogP contribution in [-0.4, -0.2) is 17.6 Å². The molecule has 0 aliphatic rings. The first-order valence-electron chi connectivity index (χ1n) is 5.80. The number of aromatic hydroxyl groups is 1. The quantitative estimate of drug-likeness (QED) is 0.842. The maximum absolute atomic E-state index is 12.1. The first-order valence-corrected chi connectivity index (χ1v) is 6.18. The Morgan fingerprint density at radius 3 is 2.67 bits per heavy atom. The molecule has 0 aliphatic heterocycles. The van der Waals surface area contributed by atoms with E-state index in [4.69, 9.17) is 11.6 Å². The van der Waals surface area contributed by atoms with E-state index in [9.17, 15) is 18.7 Å². The largest absolute Gasteiger partial charge is 0.506 e. The van der Waals surface area contributed by atoms with Crippen LogP contribution in [0.25, 0.3) is 0 Å². The molecule has 7 heteroatoms. The van der Waals surface area contributed by atoms with Gasteiger partial charge in [0, 0.05) is 11.3 Å². The third kappa shape index (κ3) is 4.06. The number of phenolic OH excluding ortho intramolecular Hbond substituents is 1. The maximum atomic E-state index is 12.1. The van der Waals surface area contributed by atoms with E-state index in [1.165, 1.54) is 42.5 Å². The van der Waals surface area contributed by atoms with E-state index in [1.807, 2.05) is 0 Å². The molecule has 0 unspecified atom stereocenters. The lowest BCUT2D eigenvalue weighted by molar-refractivity contribution is -0.0498. The summed E-state index contributed by atoms with van der Waals surface area (Å²) < 4.78 is 28.5. The number of halogens is 3. The van der Waals surface area contributed by atoms with Crippen molar-refractivity contribution in [2.24, 2.45) is 0 Å². The van der Waals surface area contributed by atoms with Crippen LogP contribution in [0.2, 0.25) is 5.02 Å². The summed E-state index contributed by atoms with van der Waals surface area (Å²) in [6.45, 7) is -2.96. The van der Waals surface area contributed by atoms with Gasteiger partial charge in [0.15, 0.2) is 0 Å². The number of benzene rings is 2. The van der Waals surface area contributed by atoms with Crippen molar-refractivity contribution in [3.8, 4) is 11.5 Å². The fourth-order valence-electron chi connectivity index (χ4n) is 1.60. The minimum atomic E-state index is -2.96. The minimum absolute atomic E-state index is 0.0857. The number of alkyl halides is 2. The summed E-state index contributed by atoms with van der Waals surface area (Å²) in [5.41, 5.74) is 0.514. The summed E-state index contributed by atoms with van der Waals surface area (Å²) in [5.74, 6) is -0.736. The van der Waals surface area contributed by atoms with E-state index >= 15 is 0 Å². The third-order valence-corrected chi connectivity index (χ3v) is 2.83. The number of hydrogen-bond donors (Lipinski definition) is 2. The van der Waals surface area contributed by atoms with Gasteiger partial charge in [-0.2, -0.15) is 8.78 Å². The van der Waals surface area contributed by atoms with Gasteiger partial charge in [0.2, 0.25) is 0 Å². The second-order valence-electron chi connectivity index (χ2n) is 4.03. The lowest BCUT2D eigenvalue weighted by atomic mass is 10.2. The predicted octanol–water partition coefficient (Wildman–Crippen LogP) is 3.90. The number of carbonyl (C=O) groups excluding carboxylic acids is 1. The van der Waals surface area contributed by atoms with Crippen LogP contribution in [0, 0.1) is 0 Å². The molecule has 0 fully saturated rings. The van der Waals surface area contributed by atoms with Crippen molar-refractivity contribution in [1.82, 2.24) is 0 Å². The zero-order chi connectivity index (χ0) is 15.4. The van der Waals surface area contributed by atoms with Gasteiger partial charge in [-0.15, -0.1) is 0 Å². The number of carbonyl (C=O) groups is 1. The highest BCUT2D eigenvalue weighted by Gasteiger charge is 2.10. The van der Waals surface area contributed by atoms with Gasteiger partial charge in [-0.1, -0.05) is 17.7 Å². The zero-order valence-electron chi connectivity index (χ0n) is 10.5. The van der Waals surface area contributed by atoms with E-state index < -0.39 is 12.5 Å². The molecule has 0 aromatic heterocycles. The van der Waals surface area contributed by atoms with Gasteiger partial charge in [0.25, 0.3) is 5.91 Å². The van der Waals surface area contributed by atoms with Crippen LogP contribution in [0.5, 0.6) is 11.5 Å². The second kappa shape index (κ2) is 6.41. The molecule has 2 rings (SSSR count). The van der Waals surface area contributed by atoms with Crippen LogP contribution in [0.4, 0.5) is 14.5 Å². The molecule has 0 aliphatic carbocycles. The Morgan fingerprint density at radius 2 is 2.00 bits per heavy atom. The molecule has 0 saturated carbocycles. The van der Waals surface area contributed by atoms with Crippen LogP contribution in [0.3, 0.4) is 0 Å². The molecule has 4 nitrogen and oxygen atoms in total. The van der Waals surface area contributed by atoms with Crippen molar-refractivity contribution in [2.75, 3.05) is 5.32 Å².